The quantitative estimate of drug-likeness (QED) is 0.788. The lowest BCUT2D eigenvalue weighted by molar-refractivity contribution is 0.182. The van der Waals surface area contributed by atoms with Crippen molar-refractivity contribution in [2.75, 3.05) is 18.4 Å². The van der Waals surface area contributed by atoms with Crippen molar-refractivity contribution < 1.29 is 4.79 Å². The Balaban J connectivity index is 1.93. The minimum atomic E-state index is -0.0368. The summed E-state index contributed by atoms with van der Waals surface area (Å²) >= 11 is 0. The smallest absolute Gasteiger partial charge is 0.323 e. The molecule has 1 unspecified atom stereocenters. The summed E-state index contributed by atoms with van der Waals surface area (Å²) in [5.41, 5.74) is 0. The third-order valence-corrected chi connectivity index (χ3v) is 2.84. The second-order valence-electron chi connectivity index (χ2n) is 4.34. The van der Waals surface area contributed by atoms with E-state index in [1.54, 1.807) is 12.3 Å². The van der Waals surface area contributed by atoms with E-state index in [4.69, 9.17) is 0 Å². The molecule has 1 aliphatic heterocycles. The fourth-order valence-electron chi connectivity index (χ4n) is 2.00. The molecule has 2 heterocycles. The molecule has 1 aromatic heterocycles. The molecule has 0 bridgehead atoms. The van der Waals surface area contributed by atoms with Crippen LogP contribution < -0.4 is 5.32 Å². The number of carbonyl (C=O) groups is 1. The standard InChI is InChI=1S/C12H17N3O/c1-10-5-4-8-15(9-10)12(16)14-11-6-2-3-7-13-11/h2-3,6-7,10H,4-5,8-9H2,1H3,(H,13,14,16). The molecular weight excluding hydrogens is 202 g/mol. The summed E-state index contributed by atoms with van der Waals surface area (Å²) in [6, 6.07) is 5.45. The Labute approximate surface area is 95.7 Å². The third kappa shape index (κ3) is 2.72. The van der Waals surface area contributed by atoms with E-state index in [-0.39, 0.29) is 6.03 Å². The molecule has 1 fully saturated rings. The minimum absolute atomic E-state index is 0.0368. The molecule has 2 amide bonds. The maximum absolute atomic E-state index is 11.9. The van der Waals surface area contributed by atoms with Gasteiger partial charge in [0.1, 0.15) is 5.82 Å². The highest BCUT2D eigenvalue weighted by atomic mass is 16.2. The Morgan fingerprint density at radius 3 is 3.12 bits per heavy atom. The largest absolute Gasteiger partial charge is 0.324 e. The van der Waals surface area contributed by atoms with Crippen LogP contribution in [-0.2, 0) is 0 Å². The van der Waals surface area contributed by atoms with Crippen molar-refractivity contribution in [1.82, 2.24) is 9.88 Å². The summed E-state index contributed by atoms with van der Waals surface area (Å²) in [5, 5.41) is 2.81. The molecule has 0 spiro atoms. The van der Waals surface area contributed by atoms with Gasteiger partial charge in [0.25, 0.3) is 0 Å². The predicted molar refractivity (Wildman–Crippen MR) is 63.2 cm³/mol. The number of amides is 2. The number of nitrogens with zero attached hydrogens (tertiary/aromatic N) is 2. The van der Waals surface area contributed by atoms with E-state index in [1.807, 2.05) is 17.0 Å². The number of anilines is 1. The summed E-state index contributed by atoms with van der Waals surface area (Å²) < 4.78 is 0. The van der Waals surface area contributed by atoms with Gasteiger partial charge in [0.15, 0.2) is 0 Å². The molecule has 1 saturated heterocycles. The zero-order valence-electron chi connectivity index (χ0n) is 9.52. The topological polar surface area (TPSA) is 45.2 Å². The lowest BCUT2D eigenvalue weighted by atomic mass is 10.0. The van der Waals surface area contributed by atoms with Gasteiger partial charge < -0.3 is 4.90 Å². The fourth-order valence-corrected chi connectivity index (χ4v) is 2.00. The van der Waals surface area contributed by atoms with Gasteiger partial charge in [-0.15, -0.1) is 0 Å². The van der Waals surface area contributed by atoms with E-state index >= 15 is 0 Å². The summed E-state index contributed by atoms with van der Waals surface area (Å²) in [6.07, 6.45) is 3.98. The maximum atomic E-state index is 11.9. The molecular formula is C12H17N3O. The number of hydrogen-bond donors (Lipinski definition) is 1. The Bertz CT molecular complexity index is 353. The lowest BCUT2D eigenvalue weighted by Crippen LogP contribution is -2.41. The molecule has 1 atom stereocenters. The number of nitrogens with one attached hydrogen (secondary N) is 1. The minimum Gasteiger partial charge on any atom is -0.324 e. The molecule has 2 rings (SSSR count). The average molecular weight is 219 g/mol. The summed E-state index contributed by atoms with van der Waals surface area (Å²) in [7, 11) is 0. The van der Waals surface area contributed by atoms with Gasteiger partial charge in [-0.2, -0.15) is 0 Å². The number of aromatic nitrogens is 1. The number of piperidine rings is 1. The van der Waals surface area contributed by atoms with Crippen molar-refractivity contribution in [1.29, 1.82) is 0 Å². The summed E-state index contributed by atoms with van der Waals surface area (Å²) in [4.78, 5) is 17.8. The highest BCUT2D eigenvalue weighted by Crippen LogP contribution is 2.16. The molecule has 4 nitrogen and oxygen atoms in total. The Kier molecular flexibility index (Phi) is 3.39. The van der Waals surface area contributed by atoms with Gasteiger partial charge in [-0.25, -0.2) is 9.78 Å². The van der Waals surface area contributed by atoms with Crippen molar-refractivity contribution in [3.8, 4) is 0 Å². The Morgan fingerprint density at radius 2 is 2.44 bits per heavy atom. The fraction of sp³-hybridized carbons (Fsp3) is 0.500. The van der Waals surface area contributed by atoms with E-state index in [0.29, 0.717) is 11.7 Å². The number of likely N-dealkylation sites (tertiary alicyclic amines) is 1. The van der Waals surface area contributed by atoms with E-state index in [9.17, 15) is 4.79 Å². The van der Waals surface area contributed by atoms with Gasteiger partial charge in [-0.3, -0.25) is 5.32 Å². The van der Waals surface area contributed by atoms with Crippen LogP contribution in [0.15, 0.2) is 24.4 Å². The molecule has 0 aliphatic carbocycles. The third-order valence-electron chi connectivity index (χ3n) is 2.84. The number of hydrogen-bond acceptors (Lipinski definition) is 2. The summed E-state index contributed by atoms with van der Waals surface area (Å²) in [5.74, 6) is 1.22. The molecule has 0 aromatic carbocycles. The van der Waals surface area contributed by atoms with Crippen LogP contribution in [0.25, 0.3) is 0 Å². The SMILES string of the molecule is CC1CCCN(C(=O)Nc2ccccn2)C1. The van der Waals surface area contributed by atoms with E-state index in [0.717, 1.165) is 19.5 Å². The van der Waals surface area contributed by atoms with Gasteiger partial charge in [-0.05, 0) is 30.9 Å². The first-order valence-corrected chi connectivity index (χ1v) is 5.72. The van der Waals surface area contributed by atoms with Crippen LogP contribution in [0.5, 0.6) is 0 Å². The van der Waals surface area contributed by atoms with Crippen LogP contribution in [0.3, 0.4) is 0 Å². The van der Waals surface area contributed by atoms with Crippen LogP contribution in [0.1, 0.15) is 19.8 Å². The first-order valence-electron chi connectivity index (χ1n) is 5.72. The first-order chi connectivity index (χ1) is 7.75. The number of rotatable bonds is 1. The number of urea groups is 1. The maximum Gasteiger partial charge on any atom is 0.323 e. The molecule has 0 radical (unpaired) electrons. The Morgan fingerprint density at radius 1 is 1.56 bits per heavy atom. The molecule has 0 saturated carbocycles. The van der Waals surface area contributed by atoms with E-state index in [2.05, 4.69) is 17.2 Å². The second kappa shape index (κ2) is 4.96. The molecule has 86 valence electrons. The second-order valence-corrected chi connectivity index (χ2v) is 4.34. The van der Waals surface area contributed by atoms with Crippen LogP contribution in [-0.4, -0.2) is 29.0 Å². The molecule has 1 N–H and O–H groups in total. The molecule has 16 heavy (non-hydrogen) atoms. The van der Waals surface area contributed by atoms with E-state index in [1.165, 1.54) is 6.42 Å². The normalized spacial score (nSPS) is 20.6. The van der Waals surface area contributed by atoms with Crippen LogP contribution in [0.2, 0.25) is 0 Å². The predicted octanol–water partition coefficient (Wildman–Crippen LogP) is 2.35. The van der Waals surface area contributed by atoms with Gasteiger partial charge in [0.05, 0.1) is 0 Å². The van der Waals surface area contributed by atoms with Gasteiger partial charge >= 0.3 is 6.03 Å². The van der Waals surface area contributed by atoms with Gasteiger partial charge in [0, 0.05) is 19.3 Å². The monoisotopic (exact) mass is 219 g/mol. The van der Waals surface area contributed by atoms with Crippen LogP contribution in [0.4, 0.5) is 10.6 Å². The number of carbonyl (C=O) groups excluding carboxylic acids is 1. The zero-order valence-corrected chi connectivity index (χ0v) is 9.52. The van der Waals surface area contributed by atoms with Crippen molar-refractivity contribution in [3.05, 3.63) is 24.4 Å². The molecule has 4 heteroatoms. The lowest BCUT2D eigenvalue weighted by Gasteiger charge is -2.30. The van der Waals surface area contributed by atoms with Gasteiger partial charge in [0.2, 0.25) is 0 Å². The highest BCUT2D eigenvalue weighted by molar-refractivity contribution is 5.88. The average Bonchev–Trinajstić information content (AvgIpc) is 2.30. The van der Waals surface area contributed by atoms with E-state index < -0.39 is 0 Å². The van der Waals surface area contributed by atoms with Gasteiger partial charge in [-0.1, -0.05) is 13.0 Å². The van der Waals surface area contributed by atoms with Crippen molar-refractivity contribution in [2.45, 2.75) is 19.8 Å². The van der Waals surface area contributed by atoms with Crippen molar-refractivity contribution in [2.24, 2.45) is 5.92 Å². The first kappa shape index (κ1) is 10.9. The van der Waals surface area contributed by atoms with Crippen LogP contribution >= 0.6 is 0 Å². The summed E-state index contributed by atoms with van der Waals surface area (Å²) in [6.45, 7) is 3.88. The highest BCUT2D eigenvalue weighted by Gasteiger charge is 2.20. The van der Waals surface area contributed by atoms with Crippen molar-refractivity contribution >= 4 is 11.8 Å². The number of pyridine rings is 1. The Hall–Kier alpha value is -1.58. The van der Waals surface area contributed by atoms with Crippen molar-refractivity contribution in [3.63, 3.8) is 0 Å². The molecule has 1 aliphatic rings. The van der Waals surface area contributed by atoms with Crippen LogP contribution in [0, 0.1) is 5.92 Å². The zero-order chi connectivity index (χ0) is 11.4. The molecule has 1 aromatic rings.